The highest BCUT2D eigenvalue weighted by Crippen LogP contribution is 2.33. The predicted molar refractivity (Wildman–Crippen MR) is 110 cm³/mol. The molecule has 0 spiro atoms. The number of carbonyl (C=O) groups excluding carboxylic acids is 1. The molecule has 3 rings (SSSR count). The van der Waals surface area contributed by atoms with Crippen LogP contribution in [-0.4, -0.2) is 44.7 Å². The first-order chi connectivity index (χ1) is 13.4. The van der Waals surface area contributed by atoms with Gasteiger partial charge in [-0.15, -0.1) is 0 Å². The van der Waals surface area contributed by atoms with Crippen LogP contribution in [0.5, 0.6) is 5.75 Å². The Balaban J connectivity index is 1.70. The Bertz CT molecular complexity index is 928. The van der Waals surface area contributed by atoms with Gasteiger partial charge in [0.2, 0.25) is 5.91 Å². The van der Waals surface area contributed by atoms with Crippen molar-refractivity contribution >= 4 is 27.3 Å². The molecule has 1 unspecified atom stereocenters. The van der Waals surface area contributed by atoms with E-state index in [0.717, 1.165) is 11.3 Å². The first kappa shape index (κ1) is 20.7. The number of nitrogens with zero attached hydrogens (tertiary/aromatic N) is 1. The summed E-state index contributed by atoms with van der Waals surface area (Å²) in [6.45, 7) is 3.11. The maximum atomic E-state index is 12.8. The number of sulfone groups is 1. The summed E-state index contributed by atoms with van der Waals surface area (Å²) in [7, 11) is -3.38. The minimum atomic E-state index is -3.38. The maximum absolute atomic E-state index is 12.8. The van der Waals surface area contributed by atoms with Crippen molar-refractivity contribution in [3.8, 4) is 5.75 Å². The first-order valence-corrected chi connectivity index (χ1v) is 11.5. The van der Waals surface area contributed by atoms with Crippen LogP contribution in [-0.2, 0) is 21.1 Å². The van der Waals surface area contributed by atoms with Gasteiger partial charge in [0.05, 0.1) is 24.0 Å². The van der Waals surface area contributed by atoms with E-state index >= 15 is 0 Å². The summed E-state index contributed by atoms with van der Waals surface area (Å²) < 4.78 is 31.0. The molecule has 5 nitrogen and oxygen atoms in total. The lowest BCUT2D eigenvalue weighted by molar-refractivity contribution is -0.130. The predicted octanol–water partition coefficient (Wildman–Crippen LogP) is 3.67. The van der Waals surface area contributed by atoms with Crippen LogP contribution in [0, 0.1) is 0 Å². The second-order valence-electron chi connectivity index (χ2n) is 6.80. The number of rotatable bonds is 5. The minimum absolute atomic E-state index is 0.0576. The van der Waals surface area contributed by atoms with Crippen molar-refractivity contribution in [2.45, 2.75) is 25.0 Å². The molecule has 0 N–H and O–H groups in total. The standard InChI is InChI=1S/C21H24ClNO4S/c1-2-27-17-9-7-16(8-10-17)15-21(24)23-12-11-20(28(25,26)14-13-23)18-5-3-4-6-19(18)22/h3-10,20H,2,11-15H2,1H3. The summed E-state index contributed by atoms with van der Waals surface area (Å²) in [5.41, 5.74) is 1.49. The van der Waals surface area contributed by atoms with Crippen molar-refractivity contribution in [3.63, 3.8) is 0 Å². The van der Waals surface area contributed by atoms with Crippen LogP contribution in [0.25, 0.3) is 0 Å². The lowest BCUT2D eigenvalue weighted by Gasteiger charge is -2.20. The zero-order valence-electron chi connectivity index (χ0n) is 15.8. The van der Waals surface area contributed by atoms with E-state index in [4.69, 9.17) is 16.3 Å². The summed E-state index contributed by atoms with van der Waals surface area (Å²) in [6.07, 6.45) is 0.588. The molecule has 1 atom stereocenters. The van der Waals surface area contributed by atoms with Crippen molar-refractivity contribution in [3.05, 3.63) is 64.7 Å². The summed E-state index contributed by atoms with van der Waals surface area (Å²) >= 11 is 6.22. The van der Waals surface area contributed by atoms with E-state index in [1.165, 1.54) is 0 Å². The molecule has 28 heavy (non-hydrogen) atoms. The molecule has 0 aromatic heterocycles. The number of hydrogen-bond acceptors (Lipinski definition) is 4. The molecular formula is C21H24ClNO4S. The Morgan fingerprint density at radius 3 is 2.54 bits per heavy atom. The van der Waals surface area contributed by atoms with Gasteiger partial charge in [-0.2, -0.15) is 0 Å². The van der Waals surface area contributed by atoms with Gasteiger partial charge in [-0.25, -0.2) is 8.42 Å². The van der Waals surface area contributed by atoms with Crippen molar-refractivity contribution in [1.29, 1.82) is 0 Å². The van der Waals surface area contributed by atoms with Gasteiger partial charge in [0, 0.05) is 18.1 Å². The van der Waals surface area contributed by atoms with Crippen LogP contribution in [0.2, 0.25) is 5.02 Å². The average molecular weight is 422 g/mol. The zero-order valence-corrected chi connectivity index (χ0v) is 17.4. The van der Waals surface area contributed by atoms with Gasteiger partial charge in [0.1, 0.15) is 5.75 Å². The van der Waals surface area contributed by atoms with E-state index in [1.807, 2.05) is 31.2 Å². The van der Waals surface area contributed by atoms with Gasteiger partial charge in [0.15, 0.2) is 9.84 Å². The lowest BCUT2D eigenvalue weighted by Crippen LogP contribution is -2.34. The van der Waals surface area contributed by atoms with Gasteiger partial charge >= 0.3 is 0 Å². The van der Waals surface area contributed by atoms with Gasteiger partial charge in [-0.05, 0) is 42.7 Å². The molecule has 0 saturated carbocycles. The molecule has 1 aliphatic heterocycles. The smallest absolute Gasteiger partial charge is 0.227 e. The highest BCUT2D eigenvalue weighted by atomic mass is 35.5. The highest BCUT2D eigenvalue weighted by molar-refractivity contribution is 7.91. The van der Waals surface area contributed by atoms with Gasteiger partial charge < -0.3 is 9.64 Å². The minimum Gasteiger partial charge on any atom is -0.494 e. The average Bonchev–Trinajstić information content (AvgIpc) is 2.82. The van der Waals surface area contributed by atoms with E-state index in [9.17, 15) is 13.2 Å². The maximum Gasteiger partial charge on any atom is 0.227 e. The van der Waals surface area contributed by atoms with Crippen molar-refractivity contribution in [2.75, 3.05) is 25.4 Å². The highest BCUT2D eigenvalue weighted by Gasteiger charge is 2.33. The molecule has 0 aliphatic carbocycles. The number of amides is 1. The van der Waals surface area contributed by atoms with Crippen molar-refractivity contribution < 1.29 is 17.9 Å². The van der Waals surface area contributed by atoms with Crippen LogP contribution < -0.4 is 4.74 Å². The fourth-order valence-corrected chi connectivity index (χ4v) is 5.58. The third kappa shape index (κ3) is 4.86. The molecule has 1 aliphatic rings. The number of halogens is 1. The molecule has 2 aromatic rings. The van der Waals surface area contributed by atoms with Crippen molar-refractivity contribution in [1.82, 2.24) is 4.90 Å². The Morgan fingerprint density at radius 2 is 1.86 bits per heavy atom. The second-order valence-corrected chi connectivity index (χ2v) is 9.51. The SMILES string of the molecule is CCOc1ccc(CC(=O)N2CCC(c3ccccc3Cl)S(=O)(=O)CC2)cc1. The molecular weight excluding hydrogens is 398 g/mol. The fraction of sp³-hybridized carbons (Fsp3) is 0.381. The summed E-state index contributed by atoms with van der Waals surface area (Å²) in [5.74, 6) is 0.638. The van der Waals surface area contributed by atoms with Crippen LogP contribution in [0.3, 0.4) is 0 Å². The van der Waals surface area contributed by atoms with E-state index in [0.29, 0.717) is 30.2 Å². The third-order valence-electron chi connectivity index (χ3n) is 4.93. The van der Waals surface area contributed by atoms with E-state index < -0.39 is 15.1 Å². The van der Waals surface area contributed by atoms with Crippen LogP contribution in [0.15, 0.2) is 48.5 Å². The molecule has 1 fully saturated rings. The first-order valence-electron chi connectivity index (χ1n) is 9.36. The summed E-state index contributed by atoms with van der Waals surface area (Å²) in [4.78, 5) is 14.4. The van der Waals surface area contributed by atoms with Gasteiger partial charge in [-0.1, -0.05) is 41.9 Å². The number of carbonyl (C=O) groups is 1. The van der Waals surface area contributed by atoms with E-state index in [2.05, 4.69) is 0 Å². The number of benzene rings is 2. The molecule has 0 radical (unpaired) electrons. The second kappa shape index (κ2) is 8.97. The number of hydrogen-bond donors (Lipinski definition) is 0. The molecule has 1 heterocycles. The monoisotopic (exact) mass is 421 g/mol. The fourth-order valence-electron chi connectivity index (χ4n) is 3.44. The Labute approximate surface area is 171 Å². The molecule has 1 saturated heterocycles. The largest absolute Gasteiger partial charge is 0.494 e. The van der Waals surface area contributed by atoms with Gasteiger partial charge in [-0.3, -0.25) is 4.79 Å². The van der Waals surface area contributed by atoms with E-state index in [1.54, 1.807) is 29.2 Å². The molecule has 1 amide bonds. The summed E-state index contributed by atoms with van der Waals surface area (Å²) in [6, 6.07) is 14.4. The van der Waals surface area contributed by atoms with Crippen molar-refractivity contribution in [2.24, 2.45) is 0 Å². The Kier molecular flexibility index (Phi) is 6.62. The molecule has 150 valence electrons. The quantitative estimate of drug-likeness (QED) is 0.738. The number of ether oxygens (including phenoxy) is 1. The molecule has 0 bridgehead atoms. The van der Waals surface area contributed by atoms with Crippen LogP contribution >= 0.6 is 11.6 Å². The molecule has 7 heteroatoms. The Morgan fingerprint density at radius 1 is 1.14 bits per heavy atom. The van der Waals surface area contributed by atoms with Crippen LogP contribution in [0.4, 0.5) is 0 Å². The summed E-state index contributed by atoms with van der Waals surface area (Å²) in [5, 5.41) is -0.227. The van der Waals surface area contributed by atoms with E-state index in [-0.39, 0.29) is 24.6 Å². The lowest BCUT2D eigenvalue weighted by atomic mass is 10.1. The topological polar surface area (TPSA) is 63.7 Å². The normalized spacial score (nSPS) is 19.1. The third-order valence-corrected chi connectivity index (χ3v) is 7.39. The zero-order chi connectivity index (χ0) is 20.1. The van der Waals surface area contributed by atoms with Gasteiger partial charge in [0.25, 0.3) is 0 Å². The molecule has 2 aromatic carbocycles. The van der Waals surface area contributed by atoms with Crippen LogP contribution in [0.1, 0.15) is 29.7 Å². The Hall–Kier alpha value is -2.05.